The molecule has 0 saturated carbocycles. The minimum atomic E-state index is 0.0110. The third-order valence-corrected chi connectivity index (χ3v) is 3.69. The molecule has 0 unspecified atom stereocenters. The van der Waals surface area contributed by atoms with Crippen molar-refractivity contribution < 1.29 is 9.59 Å². The molecule has 3 nitrogen and oxygen atoms in total. The molecule has 17 heavy (non-hydrogen) atoms. The Balaban J connectivity index is 2.11. The van der Waals surface area contributed by atoms with Gasteiger partial charge in [0.25, 0.3) is 5.91 Å². The summed E-state index contributed by atoms with van der Waals surface area (Å²) in [4.78, 5) is 24.8. The monoisotopic (exact) mass is 227 g/mol. The number of carbonyl (C=O) groups excluding carboxylic acids is 2. The van der Waals surface area contributed by atoms with Crippen molar-refractivity contribution in [1.29, 1.82) is 0 Å². The fraction of sp³-hybridized carbons (Fsp3) is 0.286. The Morgan fingerprint density at radius 2 is 2.12 bits per heavy atom. The summed E-state index contributed by atoms with van der Waals surface area (Å²) in [6.45, 7) is 2.03. The molecule has 2 aliphatic heterocycles. The van der Waals surface area contributed by atoms with Crippen molar-refractivity contribution in [1.82, 2.24) is 4.90 Å². The number of nitrogens with zero attached hydrogens (tertiary/aromatic N) is 1. The topological polar surface area (TPSA) is 37.4 Å². The summed E-state index contributed by atoms with van der Waals surface area (Å²) in [5, 5.41) is 0. The molecule has 1 aromatic rings. The number of carbonyl (C=O) groups is 2. The molecule has 3 rings (SSSR count). The van der Waals surface area contributed by atoms with Crippen molar-refractivity contribution >= 4 is 12.2 Å². The van der Waals surface area contributed by atoms with Crippen molar-refractivity contribution in [2.45, 2.75) is 19.4 Å². The van der Waals surface area contributed by atoms with Gasteiger partial charge in [0.2, 0.25) is 0 Å². The van der Waals surface area contributed by atoms with Gasteiger partial charge in [-0.05, 0) is 24.0 Å². The highest BCUT2D eigenvalue weighted by molar-refractivity contribution is 6.00. The molecule has 0 radical (unpaired) electrons. The molecule has 0 N–H and O–H groups in total. The summed E-state index contributed by atoms with van der Waals surface area (Å²) in [6.07, 6.45) is 3.40. The quantitative estimate of drug-likeness (QED) is 0.690. The summed E-state index contributed by atoms with van der Waals surface area (Å²) in [7, 11) is 0. The molecule has 0 saturated heterocycles. The number of allylic oxidation sites excluding steroid dienone is 1. The van der Waals surface area contributed by atoms with Gasteiger partial charge in [0, 0.05) is 17.3 Å². The van der Waals surface area contributed by atoms with E-state index >= 15 is 0 Å². The predicted molar refractivity (Wildman–Crippen MR) is 63.3 cm³/mol. The zero-order valence-corrected chi connectivity index (χ0v) is 9.59. The van der Waals surface area contributed by atoms with Crippen molar-refractivity contribution in [3.8, 4) is 0 Å². The van der Waals surface area contributed by atoms with Crippen LogP contribution in [0.15, 0.2) is 36.0 Å². The highest BCUT2D eigenvalue weighted by Gasteiger charge is 2.39. The molecule has 1 amide bonds. The second kappa shape index (κ2) is 3.55. The summed E-state index contributed by atoms with van der Waals surface area (Å²) in [5.74, 6) is 0.226. The molecule has 1 aromatic carbocycles. The molecular formula is C14H13NO2. The first kappa shape index (κ1) is 10.3. The number of aldehydes is 1. The lowest BCUT2D eigenvalue weighted by atomic mass is 9.89. The summed E-state index contributed by atoms with van der Waals surface area (Å²) >= 11 is 0. The maximum atomic E-state index is 12.2. The number of hydrogen-bond donors (Lipinski definition) is 0. The molecule has 2 aliphatic rings. The van der Waals surface area contributed by atoms with Crippen LogP contribution in [0.4, 0.5) is 0 Å². The standard InChI is InChI=1S/C14H13NO2/c1-9-6-13-11-4-2-3-5-12(11)14(17)15(13)7-10(9)8-16/h2-5,7-9,13H,6H2,1H3/t9-,13+/m0/s1. The van der Waals surface area contributed by atoms with Crippen LogP contribution < -0.4 is 0 Å². The lowest BCUT2D eigenvalue weighted by Crippen LogP contribution is -2.29. The lowest BCUT2D eigenvalue weighted by Gasteiger charge is -2.30. The second-order valence-corrected chi connectivity index (χ2v) is 4.70. The van der Waals surface area contributed by atoms with Crippen molar-refractivity contribution in [2.75, 3.05) is 0 Å². The van der Waals surface area contributed by atoms with Crippen LogP contribution in [0.3, 0.4) is 0 Å². The van der Waals surface area contributed by atoms with Gasteiger partial charge < -0.3 is 4.90 Å². The first-order valence-corrected chi connectivity index (χ1v) is 5.81. The van der Waals surface area contributed by atoms with Crippen molar-refractivity contribution in [3.05, 3.63) is 47.2 Å². The lowest BCUT2D eigenvalue weighted by molar-refractivity contribution is -0.105. The largest absolute Gasteiger partial charge is 0.307 e. The maximum Gasteiger partial charge on any atom is 0.258 e. The van der Waals surface area contributed by atoms with Gasteiger partial charge in [0.15, 0.2) is 0 Å². The summed E-state index contributed by atoms with van der Waals surface area (Å²) in [6, 6.07) is 7.80. The van der Waals surface area contributed by atoms with Crippen molar-refractivity contribution in [3.63, 3.8) is 0 Å². The van der Waals surface area contributed by atoms with Crippen molar-refractivity contribution in [2.24, 2.45) is 5.92 Å². The molecule has 2 heterocycles. The molecule has 86 valence electrons. The van der Waals surface area contributed by atoms with E-state index in [-0.39, 0.29) is 17.9 Å². The summed E-state index contributed by atoms with van der Waals surface area (Å²) in [5.41, 5.74) is 2.57. The maximum absolute atomic E-state index is 12.2. The third kappa shape index (κ3) is 1.35. The number of fused-ring (bicyclic) bond motifs is 3. The van der Waals surface area contributed by atoms with Gasteiger partial charge in [-0.1, -0.05) is 25.1 Å². The Labute approximate surface area is 99.7 Å². The molecule has 0 aliphatic carbocycles. The van der Waals surface area contributed by atoms with E-state index in [0.717, 1.165) is 23.8 Å². The first-order chi connectivity index (χ1) is 8.22. The fourth-order valence-corrected chi connectivity index (χ4v) is 2.71. The van der Waals surface area contributed by atoms with E-state index in [2.05, 4.69) is 0 Å². The predicted octanol–water partition coefficient (Wildman–Crippen LogP) is 2.31. The van der Waals surface area contributed by atoms with E-state index in [1.807, 2.05) is 31.2 Å². The van der Waals surface area contributed by atoms with Crippen LogP contribution in [0, 0.1) is 5.92 Å². The molecular weight excluding hydrogens is 214 g/mol. The fourth-order valence-electron chi connectivity index (χ4n) is 2.71. The average molecular weight is 227 g/mol. The SMILES string of the molecule is C[C@H]1C[C@@H]2c3ccccc3C(=O)N2C=C1C=O. The number of hydrogen-bond acceptors (Lipinski definition) is 2. The molecule has 3 heteroatoms. The molecule has 0 spiro atoms. The smallest absolute Gasteiger partial charge is 0.258 e. The van der Waals surface area contributed by atoms with Gasteiger partial charge in [-0.15, -0.1) is 0 Å². The first-order valence-electron chi connectivity index (χ1n) is 5.81. The van der Waals surface area contributed by atoms with Crippen LogP contribution in [-0.2, 0) is 4.79 Å². The Morgan fingerprint density at radius 3 is 2.88 bits per heavy atom. The van der Waals surface area contributed by atoms with Gasteiger partial charge >= 0.3 is 0 Å². The molecule has 0 aromatic heterocycles. The minimum Gasteiger partial charge on any atom is -0.307 e. The van der Waals surface area contributed by atoms with E-state index in [4.69, 9.17) is 0 Å². The number of benzene rings is 1. The average Bonchev–Trinajstić information content (AvgIpc) is 2.63. The Bertz CT molecular complexity index is 533. The highest BCUT2D eigenvalue weighted by Crippen LogP contribution is 2.42. The number of amides is 1. The summed E-state index contributed by atoms with van der Waals surface area (Å²) < 4.78 is 0. The Kier molecular flexibility index (Phi) is 2.15. The van der Waals surface area contributed by atoms with E-state index in [9.17, 15) is 9.59 Å². The van der Waals surface area contributed by atoms with E-state index in [0.29, 0.717) is 5.57 Å². The molecule has 2 atom stereocenters. The van der Waals surface area contributed by atoms with E-state index in [1.165, 1.54) is 0 Å². The minimum absolute atomic E-state index is 0.0110. The van der Waals surface area contributed by atoms with Gasteiger partial charge in [0.1, 0.15) is 6.29 Å². The Morgan fingerprint density at radius 1 is 1.35 bits per heavy atom. The van der Waals surface area contributed by atoms with Crippen LogP contribution in [0.1, 0.15) is 35.3 Å². The zero-order valence-electron chi connectivity index (χ0n) is 9.59. The van der Waals surface area contributed by atoms with Crippen LogP contribution in [0.5, 0.6) is 0 Å². The van der Waals surface area contributed by atoms with Gasteiger partial charge in [0.05, 0.1) is 6.04 Å². The van der Waals surface area contributed by atoms with Gasteiger partial charge in [-0.3, -0.25) is 9.59 Å². The van der Waals surface area contributed by atoms with Crippen LogP contribution >= 0.6 is 0 Å². The molecule has 0 fully saturated rings. The normalized spacial score (nSPS) is 26.3. The molecule has 0 bridgehead atoms. The Hall–Kier alpha value is -1.90. The van der Waals surface area contributed by atoms with Crippen LogP contribution in [-0.4, -0.2) is 17.1 Å². The zero-order chi connectivity index (χ0) is 12.0. The van der Waals surface area contributed by atoms with E-state index in [1.54, 1.807) is 11.1 Å². The van der Waals surface area contributed by atoms with Crippen LogP contribution in [0.25, 0.3) is 0 Å². The van der Waals surface area contributed by atoms with Gasteiger partial charge in [-0.2, -0.15) is 0 Å². The van der Waals surface area contributed by atoms with E-state index < -0.39 is 0 Å². The highest BCUT2D eigenvalue weighted by atomic mass is 16.2. The number of rotatable bonds is 1. The van der Waals surface area contributed by atoms with Crippen LogP contribution in [0.2, 0.25) is 0 Å². The third-order valence-electron chi connectivity index (χ3n) is 3.69. The second-order valence-electron chi connectivity index (χ2n) is 4.70. The van der Waals surface area contributed by atoms with Gasteiger partial charge in [-0.25, -0.2) is 0 Å².